The number of aryl methyl sites for hydroxylation is 2. The number of ether oxygens (including phenoxy) is 1. The van der Waals surface area contributed by atoms with Gasteiger partial charge in [-0.3, -0.25) is 4.79 Å². The fourth-order valence-electron chi connectivity index (χ4n) is 2.00. The van der Waals surface area contributed by atoms with Crippen LogP contribution in [0.5, 0.6) is 5.75 Å². The smallest absolute Gasteiger partial charge is 0.265 e. The lowest BCUT2D eigenvalue weighted by Gasteiger charge is -2.16. The first kappa shape index (κ1) is 15.1. The van der Waals surface area contributed by atoms with Crippen LogP contribution in [0.15, 0.2) is 42.5 Å². The Morgan fingerprint density at radius 1 is 1.05 bits per heavy atom. The Morgan fingerprint density at radius 2 is 1.71 bits per heavy atom. The monoisotopic (exact) mass is 283 g/mol. The molecule has 1 amide bonds. The van der Waals surface area contributed by atoms with E-state index >= 15 is 0 Å². The van der Waals surface area contributed by atoms with Crippen LogP contribution in [0.4, 0.5) is 5.69 Å². The van der Waals surface area contributed by atoms with Crippen molar-refractivity contribution in [2.24, 2.45) is 0 Å². The molecule has 2 aromatic rings. The average molecular weight is 283 g/mol. The molecule has 3 heteroatoms. The van der Waals surface area contributed by atoms with Crippen LogP contribution >= 0.6 is 0 Å². The number of benzene rings is 2. The lowest BCUT2D eigenvalue weighted by atomic mass is 10.1. The van der Waals surface area contributed by atoms with Gasteiger partial charge in [0.05, 0.1) is 0 Å². The number of carbonyl (C=O) groups is 1. The third-order valence-corrected chi connectivity index (χ3v) is 3.57. The Labute approximate surface area is 126 Å². The number of amides is 1. The average Bonchev–Trinajstić information content (AvgIpc) is 2.46. The van der Waals surface area contributed by atoms with E-state index in [9.17, 15) is 4.79 Å². The van der Waals surface area contributed by atoms with Crippen molar-refractivity contribution in [1.82, 2.24) is 0 Å². The molecular weight excluding hydrogens is 262 g/mol. The van der Waals surface area contributed by atoms with Crippen LogP contribution in [0, 0.1) is 20.8 Å². The number of nitrogens with one attached hydrogen (secondary N) is 1. The van der Waals surface area contributed by atoms with Gasteiger partial charge < -0.3 is 10.1 Å². The first-order valence-electron chi connectivity index (χ1n) is 7.08. The Kier molecular flexibility index (Phi) is 4.63. The van der Waals surface area contributed by atoms with Gasteiger partial charge in [-0.2, -0.15) is 0 Å². The predicted molar refractivity (Wildman–Crippen MR) is 85.8 cm³/mol. The highest BCUT2D eigenvalue weighted by molar-refractivity contribution is 5.94. The largest absolute Gasteiger partial charge is 0.481 e. The van der Waals surface area contributed by atoms with Crippen LogP contribution in [0.1, 0.15) is 23.6 Å². The van der Waals surface area contributed by atoms with E-state index in [1.54, 1.807) is 6.92 Å². The zero-order chi connectivity index (χ0) is 15.4. The summed E-state index contributed by atoms with van der Waals surface area (Å²) in [6.45, 7) is 7.79. The van der Waals surface area contributed by atoms with Gasteiger partial charge >= 0.3 is 0 Å². The van der Waals surface area contributed by atoms with Gasteiger partial charge in [-0.05, 0) is 57.0 Å². The van der Waals surface area contributed by atoms with Crippen molar-refractivity contribution in [3.05, 3.63) is 59.2 Å². The van der Waals surface area contributed by atoms with Crippen LogP contribution in [-0.4, -0.2) is 12.0 Å². The molecule has 2 rings (SSSR count). The van der Waals surface area contributed by atoms with E-state index in [4.69, 9.17) is 4.74 Å². The molecule has 0 aliphatic heterocycles. The van der Waals surface area contributed by atoms with Gasteiger partial charge in [0.25, 0.3) is 5.91 Å². The molecule has 1 N–H and O–H groups in total. The zero-order valence-corrected chi connectivity index (χ0v) is 12.9. The van der Waals surface area contributed by atoms with Crippen LogP contribution in [0.3, 0.4) is 0 Å². The third-order valence-electron chi connectivity index (χ3n) is 3.57. The van der Waals surface area contributed by atoms with Crippen molar-refractivity contribution in [3.63, 3.8) is 0 Å². The van der Waals surface area contributed by atoms with Crippen molar-refractivity contribution in [1.29, 1.82) is 0 Å². The number of rotatable bonds is 4. The molecular formula is C18H21NO2. The summed E-state index contributed by atoms with van der Waals surface area (Å²) in [5, 5.41) is 2.92. The SMILES string of the molecule is Cc1ccc(O[C@@H](C)C(=O)Nc2cccc(C)c2C)cc1. The predicted octanol–water partition coefficient (Wildman–Crippen LogP) is 4.02. The van der Waals surface area contributed by atoms with Gasteiger partial charge in [-0.1, -0.05) is 29.8 Å². The van der Waals surface area contributed by atoms with Crippen LogP contribution in [0.2, 0.25) is 0 Å². The molecule has 2 aromatic carbocycles. The molecule has 0 spiro atoms. The highest BCUT2D eigenvalue weighted by atomic mass is 16.5. The molecule has 21 heavy (non-hydrogen) atoms. The van der Waals surface area contributed by atoms with E-state index in [2.05, 4.69) is 5.32 Å². The Balaban J connectivity index is 2.02. The second-order valence-corrected chi connectivity index (χ2v) is 5.31. The molecule has 0 saturated heterocycles. The van der Waals surface area contributed by atoms with Crippen LogP contribution in [0.25, 0.3) is 0 Å². The summed E-state index contributed by atoms with van der Waals surface area (Å²) in [5.74, 6) is 0.550. The zero-order valence-electron chi connectivity index (χ0n) is 12.9. The highest BCUT2D eigenvalue weighted by Gasteiger charge is 2.15. The molecule has 3 nitrogen and oxygen atoms in total. The molecule has 0 aliphatic rings. The summed E-state index contributed by atoms with van der Waals surface area (Å²) in [5.41, 5.74) is 4.22. The second kappa shape index (κ2) is 6.44. The van der Waals surface area contributed by atoms with E-state index < -0.39 is 6.10 Å². The van der Waals surface area contributed by atoms with Gasteiger partial charge in [0.15, 0.2) is 6.10 Å². The van der Waals surface area contributed by atoms with E-state index in [1.807, 2.05) is 63.2 Å². The molecule has 0 bridgehead atoms. The Bertz CT molecular complexity index is 632. The van der Waals surface area contributed by atoms with Gasteiger partial charge in [-0.15, -0.1) is 0 Å². The number of anilines is 1. The summed E-state index contributed by atoms with van der Waals surface area (Å²) < 4.78 is 5.66. The fourth-order valence-corrected chi connectivity index (χ4v) is 2.00. The molecule has 0 heterocycles. The number of carbonyl (C=O) groups excluding carboxylic acids is 1. The molecule has 0 aromatic heterocycles. The van der Waals surface area contributed by atoms with Gasteiger partial charge in [0.2, 0.25) is 0 Å². The van der Waals surface area contributed by atoms with Gasteiger partial charge in [-0.25, -0.2) is 0 Å². The van der Waals surface area contributed by atoms with Crippen molar-refractivity contribution in [2.75, 3.05) is 5.32 Å². The van der Waals surface area contributed by atoms with Crippen molar-refractivity contribution < 1.29 is 9.53 Å². The van der Waals surface area contributed by atoms with Crippen molar-refractivity contribution >= 4 is 11.6 Å². The minimum atomic E-state index is -0.549. The van der Waals surface area contributed by atoms with Gasteiger partial charge in [0, 0.05) is 5.69 Å². The highest BCUT2D eigenvalue weighted by Crippen LogP contribution is 2.19. The minimum absolute atomic E-state index is 0.149. The maximum absolute atomic E-state index is 12.2. The molecule has 0 saturated carbocycles. The summed E-state index contributed by atoms with van der Waals surface area (Å²) in [6, 6.07) is 13.5. The van der Waals surface area contributed by atoms with Crippen LogP contribution in [-0.2, 0) is 4.79 Å². The maximum atomic E-state index is 12.2. The lowest BCUT2D eigenvalue weighted by molar-refractivity contribution is -0.122. The first-order chi connectivity index (χ1) is 9.97. The first-order valence-corrected chi connectivity index (χ1v) is 7.08. The van der Waals surface area contributed by atoms with Crippen molar-refractivity contribution in [3.8, 4) is 5.75 Å². The van der Waals surface area contributed by atoms with Crippen molar-refractivity contribution in [2.45, 2.75) is 33.8 Å². The molecule has 0 unspecified atom stereocenters. The standard InChI is InChI=1S/C18H21NO2/c1-12-8-10-16(11-9-12)21-15(4)18(20)19-17-7-5-6-13(2)14(17)3/h5-11,15H,1-4H3,(H,19,20)/t15-/m0/s1. The molecule has 110 valence electrons. The fraction of sp³-hybridized carbons (Fsp3) is 0.278. The lowest BCUT2D eigenvalue weighted by Crippen LogP contribution is -2.30. The molecule has 0 radical (unpaired) electrons. The summed E-state index contributed by atoms with van der Waals surface area (Å²) in [4.78, 5) is 12.2. The minimum Gasteiger partial charge on any atom is -0.481 e. The quantitative estimate of drug-likeness (QED) is 0.920. The summed E-state index contributed by atoms with van der Waals surface area (Å²) in [7, 11) is 0. The van der Waals surface area contributed by atoms with E-state index in [-0.39, 0.29) is 5.91 Å². The topological polar surface area (TPSA) is 38.3 Å². The maximum Gasteiger partial charge on any atom is 0.265 e. The number of hydrogen-bond acceptors (Lipinski definition) is 2. The van der Waals surface area contributed by atoms with E-state index in [0.29, 0.717) is 5.75 Å². The molecule has 0 fully saturated rings. The summed E-state index contributed by atoms with van der Waals surface area (Å²) >= 11 is 0. The summed E-state index contributed by atoms with van der Waals surface area (Å²) in [6.07, 6.45) is -0.549. The number of hydrogen-bond donors (Lipinski definition) is 1. The third kappa shape index (κ3) is 3.85. The normalized spacial score (nSPS) is 11.8. The second-order valence-electron chi connectivity index (χ2n) is 5.31. The Morgan fingerprint density at radius 3 is 2.38 bits per heavy atom. The Hall–Kier alpha value is -2.29. The van der Waals surface area contributed by atoms with Crippen LogP contribution < -0.4 is 10.1 Å². The molecule has 1 atom stereocenters. The van der Waals surface area contributed by atoms with E-state index in [1.165, 1.54) is 0 Å². The van der Waals surface area contributed by atoms with Gasteiger partial charge in [0.1, 0.15) is 5.75 Å². The molecule has 0 aliphatic carbocycles. The van der Waals surface area contributed by atoms with E-state index in [0.717, 1.165) is 22.4 Å².